The Hall–Kier alpha value is -1.81. The van der Waals surface area contributed by atoms with Gasteiger partial charge in [-0.1, -0.05) is 37.6 Å². The number of fused-ring (bicyclic) bond motifs is 1. The number of nitrogens with zero attached hydrogens (tertiary/aromatic N) is 2. The van der Waals surface area contributed by atoms with Crippen LogP contribution in [0.2, 0.25) is 5.15 Å². The molecule has 1 aliphatic carbocycles. The first-order valence-corrected chi connectivity index (χ1v) is 8.36. The van der Waals surface area contributed by atoms with E-state index in [1.807, 2.05) is 12.3 Å². The largest absolute Gasteiger partial charge is 0.481 e. The van der Waals surface area contributed by atoms with Crippen LogP contribution in [0.5, 0.6) is 0 Å². The van der Waals surface area contributed by atoms with E-state index in [9.17, 15) is 4.79 Å². The predicted octanol–water partition coefficient (Wildman–Crippen LogP) is 3.93. The van der Waals surface area contributed by atoms with Crippen molar-refractivity contribution in [1.82, 2.24) is 9.88 Å². The van der Waals surface area contributed by atoms with Crippen LogP contribution in [0, 0.1) is 11.8 Å². The SMILES string of the molecule is CC(C)C1=CCC=C(N2CC(CC(=O)O)C2)c2cnc(Cl)cc21. The van der Waals surface area contributed by atoms with Gasteiger partial charge < -0.3 is 10.0 Å². The fourth-order valence-electron chi connectivity index (χ4n) is 3.38. The molecule has 0 amide bonds. The minimum atomic E-state index is -0.720. The van der Waals surface area contributed by atoms with Crippen molar-refractivity contribution in [3.63, 3.8) is 0 Å². The molecule has 4 nitrogen and oxygen atoms in total. The molecule has 5 heteroatoms. The van der Waals surface area contributed by atoms with E-state index in [1.54, 1.807) is 0 Å². The number of halogens is 1. The highest BCUT2D eigenvalue weighted by atomic mass is 35.5. The third-order valence-electron chi connectivity index (χ3n) is 4.49. The summed E-state index contributed by atoms with van der Waals surface area (Å²) in [4.78, 5) is 17.3. The number of carboxylic acids is 1. The van der Waals surface area contributed by atoms with E-state index in [4.69, 9.17) is 16.7 Å². The Labute approximate surface area is 141 Å². The topological polar surface area (TPSA) is 53.4 Å². The third kappa shape index (κ3) is 3.27. The number of aliphatic carboxylic acids is 1. The molecule has 122 valence electrons. The molecular weight excluding hydrogens is 312 g/mol. The molecule has 1 aliphatic heterocycles. The number of hydrogen-bond donors (Lipinski definition) is 1. The fraction of sp³-hybridized carbons (Fsp3) is 0.444. The van der Waals surface area contributed by atoms with Crippen LogP contribution in [-0.2, 0) is 4.79 Å². The lowest BCUT2D eigenvalue weighted by atomic mass is 9.90. The van der Waals surface area contributed by atoms with E-state index in [0.717, 1.165) is 36.3 Å². The highest BCUT2D eigenvalue weighted by Crippen LogP contribution is 2.38. The molecule has 0 spiro atoms. The number of hydrogen-bond acceptors (Lipinski definition) is 3. The highest BCUT2D eigenvalue weighted by molar-refractivity contribution is 6.29. The number of carboxylic acid groups (broad SMARTS) is 1. The number of rotatable bonds is 4. The molecule has 2 heterocycles. The molecule has 2 aliphatic rings. The molecule has 0 radical (unpaired) electrons. The summed E-state index contributed by atoms with van der Waals surface area (Å²) in [7, 11) is 0. The van der Waals surface area contributed by atoms with Crippen molar-refractivity contribution in [3.05, 3.63) is 40.7 Å². The normalized spacial score (nSPS) is 18.0. The molecule has 1 aromatic rings. The quantitative estimate of drug-likeness (QED) is 0.849. The molecule has 0 aromatic carbocycles. The van der Waals surface area contributed by atoms with Gasteiger partial charge in [-0.25, -0.2) is 4.98 Å². The fourth-order valence-corrected chi connectivity index (χ4v) is 3.54. The number of likely N-dealkylation sites (tertiary alicyclic amines) is 1. The van der Waals surface area contributed by atoms with Crippen LogP contribution in [0.3, 0.4) is 0 Å². The molecule has 1 saturated heterocycles. The van der Waals surface area contributed by atoms with Crippen LogP contribution in [0.15, 0.2) is 24.4 Å². The van der Waals surface area contributed by atoms with E-state index in [1.165, 1.54) is 5.57 Å². The Bertz CT molecular complexity index is 688. The van der Waals surface area contributed by atoms with E-state index in [2.05, 4.69) is 35.9 Å². The molecule has 0 atom stereocenters. The average Bonchev–Trinajstić information content (AvgIpc) is 2.61. The standard InChI is InChI=1S/C18H21ClN2O2/c1-11(2)13-4-3-5-16(15-8-20-17(19)7-14(13)15)21-9-12(10-21)6-18(22)23/h4-5,7-8,11-12H,3,6,9-10H2,1-2H3,(H,22,23). The van der Waals surface area contributed by atoms with Crippen molar-refractivity contribution in [3.8, 4) is 0 Å². The van der Waals surface area contributed by atoms with Crippen LogP contribution < -0.4 is 0 Å². The summed E-state index contributed by atoms with van der Waals surface area (Å²) in [5, 5.41) is 9.41. The summed E-state index contributed by atoms with van der Waals surface area (Å²) >= 11 is 6.12. The Morgan fingerprint density at radius 2 is 2.13 bits per heavy atom. The van der Waals surface area contributed by atoms with Gasteiger partial charge in [-0.05, 0) is 29.5 Å². The van der Waals surface area contributed by atoms with Crippen molar-refractivity contribution in [2.24, 2.45) is 11.8 Å². The molecule has 3 rings (SSSR count). The number of pyridine rings is 1. The van der Waals surface area contributed by atoms with Gasteiger partial charge in [0.1, 0.15) is 5.15 Å². The molecular formula is C18H21ClN2O2. The summed E-state index contributed by atoms with van der Waals surface area (Å²) in [6.45, 7) is 5.94. The summed E-state index contributed by atoms with van der Waals surface area (Å²) < 4.78 is 0. The second-order valence-corrected chi connectivity index (χ2v) is 6.95. The lowest BCUT2D eigenvalue weighted by Crippen LogP contribution is -2.46. The predicted molar refractivity (Wildman–Crippen MR) is 92.0 cm³/mol. The molecule has 0 saturated carbocycles. The second-order valence-electron chi connectivity index (χ2n) is 6.56. The average molecular weight is 333 g/mol. The summed E-state index contributed by atoms with van der Waals surface area (Å²) in [6, 6.07) is 1.94. The van der Waals surface area contributed by atoms with Gasteiger partial charge in [-0.15, -0.1) is 0 Å². The van der Waals surface area contributed by atoms with E-state index in [0.29, 0.717) is 11.1 Å². The van der Waals surface area contributed by atoms with Crippen molar-refractivity contribution in [2.75, 3.05) is 13.1 Å². The second kappa shape index (κ2) is 6.36. The van der Waals surface area contributed by atoms with E-state index in [-0.39, 0.29) is 12.3 Å². The number of allylic oxidation sites excluding steroid dienone is 3. The summed E-state index contributed by atoms with van der Waals surface area (Å²) in [5.74, 6) is -0.0730. The Morgan fingerprint density at radius 1 is 1.39 bits per heavy atom. The van der Waals surface area contributed by atoms with Crippen LogP contribution in [0.4, 0.5) is 0 Å². The van der Waals surface area contributed by atoms with Crippen LogP contribution in [0.1, 0.15) is 37.8 Å². The maximum absolute atomic E-state index is 10.8. The molecule has 0 bridgehead atoms. The minimum Gasteiger partial charge on any atom is -0.481 e. The molecule has 0 unspecified atom stereocenters. The van der Waals surface area contributed by atoms with Gasteiger partial charge in [0.2, 0.25) is 0 Å². The van der Waals surface area contributed by atoms with Gasteiger partial charge in [-0.3, -0.25) is 4.79 Å². The maximum Gasteiger partial charge on any atom is 0.303 e. The zero-order valence-electron chi connectivity index (χ0n) is 13.4. The summed E-state index contributed by atoms with van der Waals surface area (Å²) in [5.41, 5.74) is 4.68. The maximum atomic E-state index is 10.8. The van der Waals surface area contributed by atoms with Crippen LogP contribution in [0.25, 0.3) is 11.3 Å². The van der Waals surface area contributed by atoms with Crippen molar-refractivity contribution < 1.29 is 9.90 Å². The first-order chi connectivity index (χ1) is 11.0. The first kappa shape index (κ1) is 16.1. The Morgan fingerprint density at radius 3 is 2.78 bits per heavy atom. The highest BCUT2D eigenvalue weighted by Gasteiger charge is 2.32. The summed E-state index contributed by atoms with van der Waals surface area (Å²) in [6.07, 6.45) is 7.41. The van der Waals surface area contributed by atoms with Gasteiger partial charge in [0.25, 0.3) is 0 Å². The molecule has 1 fully saturated rings. The van der Waals surface area contributed by atoms with Gasteiger partial charge >= 0.3 is 5.97 Å². The lowest BCUT2D eigenvalue weighted by Gasteiger charge is -2.42. The van der Waals surface area contributed by atoms with Gasteiger partial charge in [-0.2, -0.15) is 0 Å². The number of carbonyl (C=O) groups is 1. The van der Waals surface area contributed by atoms with Crippen molar-refractivity contribution >= 4 is 28.8 Å². The van der Waals surface area contributed by atoms with Gasteiger partial charge in [0.05, 0.1) is 6.42 Å². The first-order valence-electron chi connectivity index (χ1n) is 7.99. The Kier molecular flexibility index (Phi) is 4.44. The van der Waals surface area contributed by atoms with Gasteiger partial charge in [0.15, 0.2) is 0 Å². The van der Waals surface area contributed by atoms with Crippen molar-refractivity contribution in [2.45, 2.75) is 26.7 Å². The smallest absolute Gasteiger partial charge is 0.303 e. The third-order valence-corrected chi connectivity index (χ3v) is 4.70. The Balaban J connectivity index is 1.88. The van der Waals surface area contributed by atoms with Crippen LogP contribution >= 0.6 is 11.6 Å². The molecule has 1 aromatic heterocycles. The molecule has 1 N–H and O–H groups in total. The monoisotopic (exact) mass is 332 g/mol. The zero-order chi connectivity index (χ0) is 16.6. The van der Waals surface area contributed by atoms with Crippen molar-refractivity contribution in [1.29, 1.82) is 0 Å². The van der Waals surface area contributed by atoms with Gasteiger partial charge in [0, 0.05) is 36.5 Å². The zero-order valence-corrected chi connectivity index (χ0v) is 14.2. The number of aromatic nitrogens is 1. The molecule has 23 heavy (non-hydrogen) atoms. The minimum absolute atomic E-state index is 0.234. The lowest BCUT2D eigenvalue weighted by molar-refractivity contribution is -0.139. The van der Waals surface area contributed by atoms with Crippen LogP contribution in [-0.4, -0.2) is 34.0 Å². The van der Waals surface area contributed by atoms with E-state index < -0.39 is 5.97 Å². The van der Waals surface area contributed by atoms with E-state index >= 15 is 0 Å².